The van der Waals surface area contributed by atoms with E-state index in [1.165, 1.54) is 12.5 Å². The van der Waals surface area contributed by atoms with Crippen molar-refractivity contribution in [2.24, 2.45) is 11.8 Å². The SMILES string of the molecule is CC(=O)C1CCC(c2ccccc2)CC1C(=O)O. The summed E-state index contributed by atoms with van der Waals surface area (Å²) in [6.45, 7) is 1.50. The van der Waals surface area contributed by atoms with Gasteiger partial charge in [0.15, 0.2) is 0 Å². The van der Waals surface area contributed by atoms with Gasteiger partial charge in [0.2, 0.25) is 0 Å². The maximum Gasteiger partial charge on any atom is 0.307 e. The maximum absolute atomic E-state index is 11.5. The van der Waals surface area contributed by atoms with E-state index in [-0.39, 0.29) is 17.6 Å². The van der Waals surface area contributed by atoms with Crippen molar-refractivity contribution in [3.05, 3.63) is 35.9 Å². The number of carboxylic acids is 1. The molecule has 3 heteroatoms. The van der Waals surface area contributed by atoms with Crippen LogP contribution in [-0.2, 0) is 9.59 Å². The quantitative estimate of drug-likeness (QED) is 0.892. The molecule has 3 atom stereocenters. The van der Waals surface area contributed by atoms with Crippen molar-refractivity contribution in [2.45, 2.75) is 32.1 Å². The number of carbonyl (C=O) groups excluding carboxylic acids is 1. The lowest BCUT2D eigenvalue weighted by Gasteiger charge is -2.32. The summed E-state index contributed by atoms with van der Waals surface area (Å²) >= 11 is 0. The fourth-order valence-electron chi connectivity index (χ4n) is 2.96. The molecule has 1 aromatic carbocycles. The van der Waals surface area contributed by atoms with Crippen molar-refractivity contribution < 1.29 is 14.7 Å². The molecule has 18 heavy (non-hydrogen) atoms. The molecule has 0 amide bonds. The number of Topliss-reactive ketones (excluding diaryl/α,β-unsaturated/α-hetero) is 1. The van der Waals surface area contributed by atoms with E-state index in [0.717, 1.165) is 6.42 Å². The fraction of sp³-hybridized carbons (Fsp3) is 0.467. The summed E-state index contributed by atoms with van der Waals surface area (Å²) in [5.41, 5.74) is 1.19. The highest BCUT2D eigenvalue weighted by atomic mass is 16.4. The molecule has 0 spiro atoms. The van der Waals surface area contributed by atoms with Crippen molar-refractivity contribution in [2.75, 3.05) is 0 Å². The Kier molecular flexibility index (Phi) is 3.80. The summed E-state index contributed by atoms with van der Waals surface area (Å²) in [6.07, 6.45) is 2.16. The second kappa shape index (κ2) is 5.34. The van der Waals surface area contributed by atoms with Gasteiger partial charge in [0.05, 0.1) is 5.92 Å². The lowest BCUT2D eigenvalue weighted by atomic mass is 9.70. The van der Waals surface area contributed by atoms with Crippen LogP contribution in [0.3, 0.4) is 0 Å². The Balaban J connectivity index is 2.16. The zero-order chi connectivity index (χ0) is 13.1. The Morgan fingerprint density at radius 1 is 1.11 bits per heavy atom. The molecule has 2 rings (SSSR count). The molecule has 96 valence electrons. The highest BCUT2D eigenvalue weighted by molar-refractivity contribution is 5.84. The van der Waals surface area contributed by atoms with Gasteiger partial charge >= 0.3 is 5.97 Å². The zero-order valence-electron chi connectivity index (χ0n) is 10.5. The summed E-state index contributed by atoms with van der Waals surface area (Å²) in [5.74, 6) is -1.39. The van der Waals surface area contributed by atoms with Gasteiger partial charge in [0.1, 0.15) is 5.78 Å². The van der Waals surface area contributed by atoms with Crippen LogP contribution in [0.25, 0.3) is 0 Å². The summed E-state index contributed by atoms with van der Waals surface area (Å²) < 4.78 is 0. The van der Waals surface area contributed by atoms with Gasteiger partial charge in [-0.15, -0.1) is 0 Å². The second-order valence-corrected chi connectivity index (χ2v) is 5.08. The van der Waals surface area contributed by atoms with E-state index in [0.29, 0.717) is 12.8 Å². The molecule has 1 aliphatic rings. The van der Waals surface area contributed by atoms with Crippen LogP contribution in [0.1, 0.15) is 37.7 Å². The molecule has 1 aliphatic carbocycles. The van der Waals surface area contributed by atoms with Gasteiger partial charge in [-0.25, -0.2) is 0 Å². The lowest BCUT2D eigenvalue weighted by molar-refractivity contribution is -0.148. The summed E-state index contributed by atoms with van der Waals surface area (Å²) in [4.78, 5) is 22.8. The lowest BCUT2D eigenvalue weighted by Crippen LogP contribution is -2.34. The van der Waals surface area contributed by atoms with Crippen molar-refractivity contribution in [1.82, 2.24) is 0 Å². The van der Waals surface area contributed by atoms with Crippen LogP contribution >= 0.6 is 0 Å². The van der Waals surface area contributed by atoms with E-state index in [9.17, 15) is 14.7 Å². The normalized spacial score (nSPS) is 27.7. The molecule has 1 N–H and O–H groups in total. The predicted octanol–water partition coefficient (Wildman–Crippen LogP) is 2.86. The summed E-state index contributed by atoms with van der Waals surface area (Å²) in [6, 6.07) is 9.99. The first-order valence-electron chi connectivity index (χ1n) is 6.37. The second-order valence-electron chi connectivity index (χ2n) is 5.08. The molecule has 0 saturated heterocycles. The molecular weight excluding hydrogens is 228 g/mol. The summed E-state index contributed by atoms with van der Waals surface area (Å²) in [5, 5.41) is 9.27. The average molecular weight is 246 g/mol. The Labute approximate surface area is 107 Å². The Morgan fingerprint density at radius 2 is 1.78 bits per heavy atom. The third kappa shape index (κ3) is 2.61. The maximum atomic E-state index is 11.5. The van der Waals surface area contributed by atoms with Crippen LogP contribution in [0.5, 0.6) is 0 Å². The van der Waals surface area contributed by atoms with E-state index < -0.39 is 11.9 Å². The number of benzene rings is 1. The number of hydrogen-bond donors (Lipinski definition) is 1. The third-order valence-electron chi connectivity index (χ3n) is 3.96. The number of hydrogen-bond acceptors (Lipinski definition) is 2. The largest absolute Gasteiger partial charge is 0.481 e. The number of carboxylic acid groups (broad SMARTS) is 1. The van der Waals surface area contributed by atoms with Gasteiger partial charge in [0, 0.05) is 5.92 Å². The smallest absolute Gasteiger partial charge is 0.307 e. The van der Waals surface area contributed by atoms with Crippen LogP contribution in [-0.4, -0.2) is 16.9 Å². The van der Waals surface area contributed by atoms with Crippen LogP contribution < -0.4 is 0 Å². The fourth-order valence-corrected chi connectivity index (χ4v) is 2.96. The highest BCUT2D eigenvalue weighted by Gasteiger charge is 2.37. The number of rotatable bonds is 3. The first kappa shape index (κ1) is 12.8. The van der Waals surface area contributed by atoms with Gasteiger partial charge in [-0.2, -0.15) is 0 Å². The van der Waals surface area contributed by atoms with Crippen LogP contribution in [0, 0.1) is 11.8 Å². The molecule has 0 heterocycles. The number of aliphatic carboxylic acids is 1. The van der Waals surface area contributed by atoms with E-state index in [4.69, 9.17) is 0 Å². The van der Waals surface area contributed by atoms with Gasteiger partial charge in [0.25, 0.3) is 0 Å². The Hall–Kier alpha value is -1.64. The minimum absolute atomic E-state index is 0.00825. The molecule has 3 unspecified atom stereocenters. The van der Waals surface area contributed by atoms with Gasteiger partial charge in [-0.05, 0) is 37.7 Å². The molecule has 1 fully saturated rings. The topological polar surface area (TPSA) is 54.4 Å². The molecule has 0 radical (unpaired) electrons. The molecule has 0 aromatic heterocycles. The molecule has 3 nitrogen and oxygen atoms in total. The number of ketones is 1. The van der Waals surface area contributed by atoms with E-state index >= 15 is 0 Å². The van der Waals surface area contributed by atoms with Crippen molar-refractivity contribution in [3.63, 3.8) is 0 Å². The first-order chi connectivity index (χ1) is 8.59. The number of carbonyl (C=O) groups is 2. The van der Waals surface area contributed by atoms with Crippen molar-refractivity contribution >= 4 is 11.8 Å². The van der Waals surface area contributed by atoms with Crippen LogP contribution in [0.4, 0.5) is 0 Å². The molecular formula is C15H18O3. The monoisotopic (exact) mass is 246 g/mol. The first-order valence-corrected chi connectivity index (χ1v) is 6.37. The van der Waals surface area contributed by atoms with Crippen LogP contribution in [0.2, 0.25) is 0 Å². The highest BCUT2D eigenvalue weighted by Crippen LogP contribution is 2.40. The van der Waals surface area contributed by atoms with Crippen molar-refractivity contribution in [3.8, 4) is 0 Å². The molecule has 0 aliphatic heterocycles. The minimum atomic E-state index is -0.837. The van der Waals surface area contributed by atoms with Crippen LogP contribution in [0.15, 0.2) is 30.3 Å². The Bertz CT molecular complexity index is 438. The molecule has 1 saturated carbocycles. The average Bonchev–Trinajstić information content (AvgIpc) is 2.39. The van der Waals surface area contributed by atoms with Gasteiger partial charge in [-0.1, -0.05) is 30.3 Å². The third-order valence-corrected chi connectivity index (χ3v) is 3.96. The van der Waals surface area contributed by atoms with Gasteiger partial charge in [-0.3, -0.25) is 9.59 Å². The molecule has 1 aromatic rings. The van der Waals surface area contributed by atoms with Crippen molar-refractivity contribution in [1.29, 1.82) is 0 Å². The predicted molar refractivity (Wildman–Crippen MR) is 68.3 cm³/mol. The van der Waals surface area contributed by atoms with E-state index in [2.05, 4.69) is 0 Å². The summed E-state index contributed by atoms with van der Waals surface area (Å²) in [7, 11) is 0. The van der Waals surface area contributed by atoms with E-state index in [1.807, 2.05) is 30.3 Å². The standard InChI is InChI=1S/C15H18O3/c1-10(16)13-8-7-12(9-14(13)15(17)18)11-5-3-2-4-6-11/h2-6,12-14H,7-9H2,1H3,(H,17,18). The Morgan fingerprint density at radius 3 is 2.33 bits per heavy atom. The molecule has 0 bridgehead atoms. The van der Waals surface area contributed by atoms with Gasteiger partial charge < -0.3 is 5.11 Å². The zero-order valence-corrected chi connectivity index (χ0v) is 10.5. The minimum Gasteiger partial charge on any atom is -0.481 e. The van der Waals surface area contributed by atoms with E-state index in [1.54, 1.807) is 0 Å².